The number of ether oxygens (including phenoxy) is 3. The Bertz CT molecular complexity index is 1540. The fourth-order valence-corrected chi connectivity index (χ4v) is 6.30. The summed E-state index contributed by atoms with van der Waals surface area (Å²) in [6, 6.07) is 14.6. The Labute approximate surface area is 220 Å². The van der Waals surface area contributed by atoms with E-state index in [0.29, 0.717) is 17.2 Å². The molecule has 3 aromatic carbocycles. The number of nitrogens with one attached hydrogen (secondary N) is 2. The van der Waals surface area contributed by atoms with Gasteiger partial charge < -0.3 is 19.5 Å². The number of nitrogens with zero attached hydrogens (tertiary/aromatic N) is 1. The van der Waals surface area contributed by atoms with E-state index in [-0.39, 0.29) is 34.2 Å². The predicted octanol–water partition coefficient (Wildman–Crippen LogP) is 5.25. The molecule has 5 rings (SSSR count). The third kappa shape index (κ3) is 4.49. The fourth-order valence-electron chi connectivity index (χ4n) is 5.20. The minimum atomic E-state index is -3.93. The zero-order chi connectivity index (χ0) is 27.0. The minimum Gasteiger partial charge on any atom is -0.497 e. The molecule has 0 bridgehead atoms. The Kier molecular flexibility index (Phi) is 6.62. The second-order valence-electron chi connectivity index (χ2n) is 9.08. The van der Waals surface area contributed by atoms with Crippen LogP contribution in [0.1, 0.15) is 29.5 Å². The SMILES string of the molecule is COc1ccc(NS(=O)(=O)c2ccc3c(c2)[C@H]2C=CC[C@H]2[C@@H](c2ccc(OC)c([N+](=O)[O-])c2)N3)c(OC)c1. The molecule has 38 heavy (non-hydrogen) atoms. The van der Waals surface area contributed by atoms with Crippen LogP contribution in [0.25, 0.3) is 0 Å². The summed E-state index contributed by atoms with van der Waals surface area (Å²) < 4.78 is 45.0. The highest BCUT2D eigenvalue weighted by Gasteiger charge is 2.39. The van der Waals surface area contributed by atoms with Crippen molar-refractivity contribution in [2.75, 3.05) is 31.4 Å². The molecule has 0 saturated heterocycles. The van der Waals surface area contributed by atoms with Gasteiger partial charge >= 0.3 is 5.69 Å². The van der Waals surface area contributed by atoms with Gasteiger partial charge in [-0.2, -0.15) is 0 Å². The zero-order valence-electron chi connectivity index (χ0n) is 21.0. The van der Waals surface area contributed by atoms with E-state index in [1.165, 1.54) is 27.4 Å². The summed E-state index contributed by atoms with van der Waals surface area (Å²) in [7, 11) is 0.449. The first-order valence-corrected chi connectivity index (χ1v) is 13.4. The van der Waals surface area contributed by atoms with E-state index in [2.05, 4.69) is 22.2 Å². The van der Waals surface area contributed by atoms with Crippen molar-refractivity contribution in [3.8, 4) is 17.2 Å². The first kappa shape index (κ1) is 25.4. The normalized spacial score (nSPS) is 19.6. The number of rotatable bonds is 8. The highest BCUT2D eigenvalue weighted by atomic mass is 32.2. The van der Waals surface area contributed by atoms with Gasteiger partial charge in [0, 0.05) is 23.7 Å². The maximum Gasteiger partial charge on any atom is 0.311 e. The topological polar surface area (TPSA) is 129 Å². The van der Waals surface area contributed by atoms with E-state index in [9.17, 15) is 18.5 Å². The van der Waals surface area contributed by atoms with E-state index < -0.39 is 14.9 Å². The molecule has 3 aromatic rings. The van der Waals surface area contributed by atoms with Gasteiger partial charge in [-0.25, -0.2) is 8.42 Å². The van der Waals surface area contributed by atoms with Crippen molar-refractivity contribution in [2.24, 2.45) is 5.92 Å². The Morgan fingerprint density at radius 1 is 0.974 bits per heavy atom. The van der Waals surface area contributed by atoms with Gasteiger partial charge in [-0.15, -0.1) is 0 Å². The van der Waals surface area contributed by atoms with E-state index >= 15 is 0 Å². The first-order chi connectivity index (χ1) is 18.2. The van der Waals surface area contributed by atoms with Gasteiger partial charge in [0.1, 0.15) is 11.5 Å². The molecule has 11 heteroatoms. The second-order valence-corrected chi connectivity index (χ2v) is 10.8. The monoisotopic (exact) mass is 537 g/mol. The molecular formula is C27H27N3O7S. The highest BCUT2D eigenvalue weighted by molar-refractivity contribution is 7.92. The van der Waals surface area contributed by atoms with Gasteiger partial charge in [0.15, 0.2) is 5.75 Å². The number of nitro groups is 1. The number of benzene rings is 3. The number of hydrogen-bond donors (Lipinski definition) is 2. The fraction of sp³-hybridized carbons (Fsp3) is 0.259. The Morgan fingerprint density at radius 2 is 1.76 bits per heavy atom. The Hall–Kier alpha value is -4.25. The highest BCUT2D eigenvalue weighted by Crippen LogP contribution is 2.51. The Balaban J connectivity index is 1.48. The average molecular weight is 538 g/mol. The summed E-state index contributed by atoms with van der Waals surface area (Å²) in [4.78, 5) is 11.3. The lowest BCUT2D eigenvalue weighted by atomic mass is 9.77. The Morgan fingerprint density at radius 3 is 2.47 bits per heavy atom. The first-order valence-electron chi connectivity index (χ1n) is 11.9. The summed E-state index contributed by atoms with van der Waals surface area (Å²) in [6.45, 7) is 0. The lowest BCUT2D eigenvalue weighted by Crippen LogP contribution is -2.29. The molecule has 0 spiro atoms. The van der Waals surface area contributed by atoms with Crippen molar-refractivity contribution in [1.29, 1.82) is 0 Å². The van der Waals surface area contributed by atoms with Crippen LogP contribution in [0.2, 0.25) is 0 Å². The zero-order valence-corrected chi connectivity index (χ0v) is 21.8. The molecule has 1 aliphatic heterocycles. The summed E-state index contributed by atoms with van der Waals surface area (Å²) >= 11 is 0. The smallest absolute Gasteiger partial charge is 0.311 e. The van der Waals surface area contributed by atoms with Crippen molar-refractivity contribution < 1.29 is 27.6 Å². The quantitative estimate of drug-likeness (QED) is 0.227. The molecule has 10 nitrogen and oxygen atoms in total. The van der Waals surface area contributed by atoms with Crippen LogP contribution in [0.3, 0.4) is 0 Å². The van der Waals surface area contributed by atoms with E-state index in [1.54, 1.807) is 42.5 Å². The number of methoxy groups -OCH3 is 3. The lowest BCUT2D eigenvalue weighted by molar-refractivity contribution is -0.385. The maximum atomic E-state index is 13.3. The molecule has 0 amide bonds. The molecule has 1 aliphatic carbocycles. The van der Waals surface area contributed by atoms with Crippen molar-refractivity contribution in [3.63, 3.8) is 0 Å². The lowest BCUT2D eigenvalue weighted by Gasteiger charge is -2.37. The predicted molar refractivity (Wildman–Crippen MR) is 143 cm³/mol. The number of hydrogen-bond acceptors (Lipinski definition) is 8. The summed E-state index contributed by atoms with van der Waals surface area (Å²) in [6.07, 6.45) is 4.89. The van der Waals surface area contributed by atoms with E-state index in [1.807, 2.05) is 6.07 Å². The number of nitro benzene ring substituents is 1. The summed E-state index contributed by atoms with van der Waals surface area (Å²) in [5, 5.41) is 15.1. The summed E-state index contributed by atoms with van der Waals surface area (Å²) in [5.74, 6) is 1.08. The number of sulfonamides is 1. The minimum absolute atomic E-state index is 0.0527. The molecule has 198 valence electrons. The van der Waals surface area contributed by atoms with Gasteiger partial charge in [-0.05, 0) is 59.9 Å². The molecule has 2 aliphatic rings. The van der Waals surface area contributed by atoms with Gasteiger partial charge in [0.2, 0.25) is 0 Å². The van der Waals surface area contributed by atoms with Crippen LogP contribution in [0, 0.1) is 16.0 Å². The molecular weight excluding hydrogens is 510 g/mol. The van der Waals surface area contributed by atoms with Crippen LogP contribution in [-0.2, 0) is 10.0 Å². The van der Waals surface area contributed by atoms with Gasteiger partial charge in [0.25, 0.3) is 10.0 Å². The molecule has 0 unspecified atom stereocenters. The maximum absolute atomic E-state index is 13.3. The molecule has 0 aromatic heterocycles. The van der Waals surface area contributed by atoms with E-state index in [0.717, 1.165) is 23.2 Å². The number of fused-ring (bicyclic) bond motifs is 3. The number of allylic oxidation sites excluding steroid dienone is 2. The number of anilines is 2. The molecule has 0 saturated carbocycles. The molecule has 1 heterocycles. The van der Waals surface area contributed by atoms with Gasteiger partial charge in [-0.3, -0.25) is 14.8 Å². The third-order valence-electron chi connectivity index (χ3n) is 7.06. The van der Waals surface area contributed by atoms with Crippen molar-refractivity contribution in [1.82, 2.24) is 0 Å². The molecule has 0 radical (unpaired) electrons. The largest absolute Gasteiger partial charge is 0.497 e. The van der Waals surface area contributed by atoms with Crippen LogP contribution < -0.4 is 24.2 Å². The standard InChI is InChI=1S/C27H27N3O7S/c1-35-17-8-10-23(26(14-17)37-3)29-38(33,34)18-9-11-22-21(15-18)19-5-4-6-20(19)27(28-22)16-7-12-25(36-2)24(13-16)30(31)32/h4-5,7-15,19-20,27-29H,6H2,1-3H3/t19-,20+,27+/m0/s1. The van der Waals surface area contributed by atoms with E-state index in [4.69, 9.17) is 14.2 Å². The van der Waals surface area contributed by atoms with Gasteiger partial charge in [-0.1, -0.05) is 18.2 Å². The van der Waals surface area contributed by atoms with Crippen molar-refractivity contribution >= 4 is 27.1 Å². The summed E-state index contributed by atoms with van der Waals surface area (Å²) in [5.41, 5.74) is 2.60. The van der Waals surface area contributed by atoms with Crippen LogP contribution in [0.15, 0.2) is 71.6 Å². The molecule has 0 fully saturated rings. The second kappa shape index (κ2) is 9.90. The van der Waals surface area contributed by atoms with Crippen molar-refractivity contribution in [3.05, 3.63) is 88.0 Å². The van der Waals surface area contributed by atoms with Crippen LogP contribution in [0.5, 0.6) is 17.2 Å². The molecule has 3 atom stereocenters. The van der Waals surface area contributed by atoms with Crippen LogP contribution in [-0.4, -0.2) is 34.7 Å². The van der Waals surface area contributed by atoms with Crippen LogP contribution in [0.4, 0.5) is 17.1 Å². The van der Waals surface area contributed by atoms with Gasteiger partial charge in [0.05, 0.1) is 42.9 Å². The third-order valence-corrected chi connectivity index (χ3v) is 8.42. The van der Waals surface area contributed by atoms with Crippen molar-refractivity contribution in [2.45, 2.75) is 23.3 Å². The molecule has 2 N–H and O–H groups in total. The average Bonchev–Trinajstić information content (AvgIpc) is 3.42. The van der Waals surface area contributed by atoms with Crippen LogP contribution >= 0.6 is 0 Å².